The Balaban J connectivity index is 1.31. The average Bonchev–Trinajstić information content (AvgIpc) is 3.09. The van der Waals surface area contributed by atoms with E-state index >= 15 is 0 Å². The van der Waals surface area contributed by atoms with E-state index in [0.29, 0.717) is 10.9 Å². The van der Waals surface area contributed by atoms with Gasteiger partial charge in [0.05, 0.1) is 10.2 Å². The Morgan fingerprint density at radius 3 is 2.83 bits per heavy atom. The highest BCUT2D eigenvalue weighted by Gasteiger charge is 2.27. The zero-order valence-corrected chi connectivity index (χ0v) is 17.0. The summed E-state index contributed by atoms with van der Waals surface area (Å²) in [5, 5.41) is 9.53. The number of amides is 2. The summed E-state index contributed by atoms with van der Waals surface area (Å²) in [5.74, 6) is 0.0572. The van der Waals surface area contributed by atoms with Crippen molar-refractivity contribution in [1.29, 1.82) is 0 Å². The van der Waals surface area contributed by atoms with Gasteiger partial charge in [-0.25, -0.2) is 9.37 Å². The molecular weight excluding hydrogens is 411 g/mol. The SMILES string of the molecule is O=C(CC1CC(=O)NC(SCc2ccc(F)cc2)N1)Nc1nc2ccccc2s1. The van der Waals surface area contributed by atoms with Gasteiger partial charge in [-0.3, -0.25) is 14.9 Å². The summed E-state index contributed by atoms with van der Waals surface area (Å²) >= 11 is 2.91. The highest BCUT2D eigenvalue weighted by molar-refractivity contribution is 7.99. The Morgan fingerprint density at radius 1 is 1.24 bits per heavy atom. The standard InChI is InChI=1S/C20H19FN4O2S2/c21-13-7-5-12(6-8-13)11-28-19-22-14(9-17(26)24-19)10-18(27)25-20-23-15-3-1-2-4-16(15)29-20/h1-8,14,19,22H,9-11H2,(H,24,26)(H,23,25,27). The topological polar surface area (TPSA) is 83.1 Å². The number of fused-ring (bicyclic) bond motifs is 1. The van der Waals surface area contributed by atoms with Crippen molar-refractivity contribution < 1.29 is 14.0 Å². The van der Waals surface area contributed by atoms with E-state index in [1.54, 1.807) is 12.1 Å². The third-order valence-electron chi connectivity index (χ3n) is 4.41. The first-order valence-electron chi connectivity index (χ1n) is 9.12. The maximum absolute atomic E-state index is 13.0. The molecule has 0 radical (unpaired) electrons. The van der Waals surface area contributed by atoms with Gasteiger partial charge in [-0.1, -0.05) is 35.6 Å². The Morgan fingerprint density at radius 2 is 2.03 bits per heavy atom. The normalized spacial score (nSPS) is 19.1. The molecule has 1 aliphatic heterocycles. The van der Waals surface area contributed by atoms with E-state index in [1.165, 1.54) is 35.2 Å². The molecule has 2 amide bonds. The van der Waals surface area contributed by atoms with Crippen LogP contribution in [0.2, 0.25) is 0 Å². The van der Waals surface area contributed by atoms with Crippen LogP contribution < -0.4 is 16.0 Å². The summed E-state index contributed by atoms with van der Waals surface area (Å²) in [5.41, 5.74) is 1.50. The number of thioether (sulfide) groups is 1. The number of nitrogens with one attached hydrogen (secondary N) is 3. The third-order valence-corrected chi connectivity index (χ3v) is 6.45. The number of hydrogen-bond acceptors (Lipinski definition) is 6. The number of thiazole rings is 1. The first-order chi connectivity index (χ1) is 14.0. The number of rotatable bonds is 6. The Labute approximate surface area is 175 Å². The summed E-state index contributed by atoms with van der Waals surface area (Å²) in [6, 6.07) is 13.7. The van der Waals surface area contributed by atoms with Crippen LogP contribution in [0.1, 0.15) is 18.4 Å². The molecule has 2 atom stereocenters. The molecule has 0 aliphatic carbocycles. The number of carbonyl (C=O) groups is 2. The van der Waals surface area contributed by atoms with Gasteiger partial charge in [0.25, 0.3) is 0 Å². The van der Waals surface area contributed by atoms with Crippen LogP contribution in [0, 0.1) is 5.82 Å². The van der Waals surface area contributed by atoms with Crippen molar-refractivity contribution in [3.63, 3.8) is 0 Å². The lowest BCUT2D eigenvalue weighted by molar-refractivity contribution is -0.124. The summed E-state index contributed by atoms with van der Waals surface area (Å²) in [7, 11) is 0. The van der Waals surface area contributed by atoms with E-state index in [4.69, 9.17) is 0 Å². The van der Waals surface area contributed by atoms with Crippen molar-refractivity contribution in [1.82, 2.24) is 15.6 Å². The molecule has 1 aromatic heterocycles. The van der Waals surface area contributed by atoms with Gasteiger partial charge in [-0.15, -0.1) is 11.8 Å². The Hall–Kier alpha value is -2.49. The Bertz CT molecular complexity index is 992. The third kappa shape index (κ3) is 5.31. The summed E-state index contributed by atoms with van der Waals surface area (Å²) in [6.45, 7) is 0. The largest absolute Gasteiger partial charge is 0.332 e. The van der Waals surface area contributed by atoms with Gasteiger partial charge in [0.2, 0.25) is 11.8 Å². The van der Waals surface area contributed by atoms with Gasteiger partial charge in [0.1, 0.15) is 11.3 Å². The molecule has 9 heteroatoms. The molecule has 1 fully saturated rings. The second kappa shape index (κ2) is 8.89. The second-order valence-corrected chi connectivity index (χ2v) is 8.82. The minimum absolute atomic E-state index is 0.0989. The van der Waals surface area contributed by atoms with Gasteiger partial charge in [0.15, 0.2) is 5.13 Å². The predicted octanol–water partition coefficient (Wildman–Crippen LogP) is 3.46. The first-order valence-corrected chi connectivity index (χ1v) is 11.0. The highest BCUT2D eigenvalue weighted by Crippen LogP contribution is 2.26. The first kappa shape index (κ1) is 19.8. The van der Waals surface area contributed by atoms with Gasteiger partial charge < -0.3 is 10.6 Å². The summed E-state index contributed by atoms with van der Waals surface area (Å²) in [4.78, 5) is 28.9. The van der Waals surface area contributed by atoms with Gasteiger partial charge in [0, 0.05) is 24.6 Å². The van der Waals surface area contributed by atoms with Crippen molar-refractivity contribution >= 4 is 50.3 Å². The van der Waals surface area contributed by atoms with E-state index in [-0.39, 0.29) is 42.0 Å². The number of nitrogens with zero attached hydrogens (tertiary/aromatic N) is 1. The quantitative estimate of drug-likeness (QED) is 0.558. The molecule has 2 heterocycles. The van der Waals surface area contributed by atoms with Crippen LogP contribution in [0.3, 0.4) is 0 Å². The van der Waals surface area contributed by atoms with Crippen molar-refractivity contribution in [2.75, 3.05) is 5.32 Å². The number of benzene rings is 2. The van der Waals surface area contributed by atoms with Crippen molar-refractivity contribution in [2.45, 2.75) is 30.1 Å². The molecule has 1 aliphatic rings. The van der Waals surface area contributed by atoms with E-state index in [2.05, 4.69) is 20.9 Å². The van der Waals surface area contributed by atoms with Crippen LogP contribution >= 0.6 is 23.1 Å². The molecule has 2 unspecified atom stereocenters. The molecule has 6 nitrogen and oxygen atoms in total. The Kier molecular flexibility index (Phi) is 6.08. The minimum Gasteiger partial charge on any atom is -0.332 e. The molecule has 0 bridgehead atoms. The van der Waals surface area contributed by atoms with Gasteiger partial charge >= 0.3 is 0 Å². The minimum atomic E-state index is -0.304. The van der Waals surface area contributed by atoms with Crippen LogP contribution in [0.25, 0.3) is 10.2 Å². The molecule has 0 spiro atoms. The lowest BCUT2D eigenvalue weighted by Crippen LogP contribution is -2.55. The molecule has 3 N–H and O–H groups in total. The molecule has 0 saturated carbocycles. The molecule has 1 saturated heterocycles. The molecular formula is C20H19FN4O2S2. The number of hydrogen-bond donors (Lipinski definition) is 3. The zero-order chi connectivity index (χ0) is 20.2. The van der Waals surface area contributed by atoms with Crippen LogP contribution in [-0.2, 0) is 15.3 Å². The monoisotopic (exact) mass is 430 g/mol. The number of aromatic nitrogens is 1. The van der Waals surface area contributed by atoms with E-state index < -0.39 is 0 Å². The molecule has 29 heavy (non-hydrogen) atoms. The molecule has 3 aromatic rings. The van der Waals surface area contributed by atoms with Gasteiger partial charge in [-0.05, 0) is 29.8 Å². The maximum Gasteiger partial charge on any atom is 0.227 e. The number of para-hydroxylation sites is 1. The van der Waals surface area contributed by atoms with Crippen LogP contribution in [0.4, 0.5) is 9.52 Å². The average molecular weight is 431 g/mol. The number of halogens is 1. The molecule has 150 valence electrons. The van der Waals surface area contributed by atoms with E-state index in [1.807, 2.05) is 24.3 Å². The highest BCUT2D eigenvalue weighted by atomic mass is 32.2. The fraction of sp³-hybridized carbons (Fsp3) is 0.250. The van der Waals surface area contributed by atoms with Crippen molar-refractivity contribution in [2.24, 2.45) is 0 Å². The van der Waals surface area contributed by atoms with Crippen LogP contribution in [0.15, 0.2) is 48.5 Å². The predicted molar refractivity (Wildman–Crippen MR) is 114 cm³/mol. The van der Waals surface area contributed by atoms with Gasteiger partial charge in [-0.2, -0.15) is 0 Å². The van der Waals surface area contributed by atoms with Crippen LogP contribution in [-0.4, -0.2) is 28.3 Å². The maximum atomic E-state index is 13.0. The fourth-order valence-electron chi connectivity index (χ4n) is 3.04. The van der Waals surface area contributed by atoms with Crippen LogP contribution in [0.5, 0.6) is 0 Å². The second-order valence-electron chi connectivity index (χ2n) is 6.69. The smallest absolute Gasteiger partial charge is 0.227 e. The molecule has 2 aromatic carbocycles. The lowest BCUT2D eigenvalue weighted by atomic mass is 10.1. The fourth-order valence-corrected chi connectivity index (χ4v) is 4.98. The number of anilines is 1. The zero-order valence-electron chi connectivity index (χ0n) is 15.4. The van der Waals surface area contributed by atoms with Crippen molar-refractivity contribution in [3.05, 3.63) is 59.9 Å². The summed E-state index contributed by atoms with van der Waals surface area (Å²) in [6.07, 6.45) is 0.415. The lowest BCUT2D eigenvalue weighted by Gasteiger charge is -2.30. The van der Waals surface area contributed by atoms with E-state index in [0.717, 1.165) is 15.8 Å². The number of carbonyl (C=O) groups excluding carboxylic acids is 2. The molecule has 4 rings (SSSR count). The van der Waals surface area contributed by atoms with E-state index in [9.17, 15) is 14.0 Å². The summed E-state index contributed by atoms with van der Waals surface area (Å²) < 4.78 is 14.0. The van der Waals surface area contributed by atoms with Crippen molar-refractivity contribution in [3.8, 4) is 0 Å².